The molecule has 1 radical (unpaired) electrons. The van der Waals surface area contributed by atoms with E-state index in [1.807, 2.05) is 30.3 Å². The summed E-state index contributed by atoms with van der Waals surface area (Å²) in [6.45, 7) is 1.16. The minimum absolute atomic E-state index is 0.0649. The molecule has 3 aromatic rings. The van der Waals surface area contributed by atoms with Crippen molar-refractivity contribution in [2.45, 2.75) is 25.2 Å². The molecule has 4 rings (SSSR count). The fraction of sp³-hybridized carbons (Fsp3) is 0.238. The minimum Gasteiger partial charge on any atom is -0.555 e. The Morgan fingerprint density at radius 2 is 2.00 bits per heavy atom. The first-order valence-corrected chi connectivity index (χ1v) is 9.62. The second-order valence-corrected chi connectivity index (χ2v) is 6.95. The lowest BCUT2D eigenvalue weighted by molar-refractivity contribution is 0.572. The molecule has 0 saturated heterocycles. The highest BCUT2D eigenvalue weighted by atomic mass is 16.4. The van der Waals surface area contributed by atoms with E-state index >= 15 is 0 Å². The van der Waals surface area contributed by atoms with Crippen LogP contribution in [-0.2, 0) is 17.6 Å². The molecule has 0 aliphatic heterocycles. The zero-order valence-corrected chi connectivity index (χ0v) is 16.0. The van der Waals surface area contributed by atoms with Gasteiger partial charge in [-0.2, -0.15) is 4.80 Å². The summed E-state index contributed by atoms with van der Waals surface area (Å²) in [7, 11) is 1.69. The van der Waals surface area contributed by atoms with Crippen LogP contribution in [0.25, 0.3) is 5.57 Å². The van der Waals surface area contributed by atoms with Gasteiger partial charge in [0, 0.05) is 6.54 Å². The van der Waals surface area contributed by atoms with Crippen molar-refractivity contribution in [3.63, 3.8) is 0 Å². The molecular formula is C21H22BN6O. The third-order valence-corrected chi connectivity index (χ3v) is 4.89. The van der Waals surface area contributed by atoms with Crippen molar-refractivity contribution >= 4 is 25.4 Å². The molecule has 8 heteroatoms. The monoisotopic (exact) mass is 385 g/mol. The van der Waals surface area contributed by atoms with Crippen LogP contribution in [0.15, 0.2) is 60.7 Å². The van der Waals surface area contributed by atoms with E-state index in [0.717, 1.165) is 24.8 Å². The van der Waals surface area contributed by atoms with Crippen LogP contribution in [0.2, 0.25) is 5.82 Å². The van der Waals surface area contributed by atoms with Crippen molar-refractivity contribution in [1.82, 2.24) is 20.2 Å². The summed E-state index contributed by atoms with van der Waals surface area (Å²) in [6, 6.07) is 18.5. The number of anilines is 1. The smallest absolute Gasteiger partial charge is 0.376 e. The van der Waals surface area contributed by atoms with Gasteiger partial charge < -0.3 is 9.97 Å². The molecule has 1 aliphatic carbocycles. The van der Waals surface area contributed by atoms with Crippen molar-refractivity contribution in [2.75, 3.05) is 11.9 Å². The number of nitrogens with zero attached hydrogens (tertiary/aromatic N) is 4. The Labute approximate surface area is 170 Å². The SMILES string of the molecule is N=CO[B][C@H](CNc1nnn(Cc2ccccc2)n1)CC1=CCc2ccccc21. The van der Waals surface area contributed by atoms with Gasteiger partial charge in [-0.05, 0) is 46.1 Å². The van der Waals surface area contributed by atoms with E-state index in [2.05, 4.69) is 51.1 Å². The number of nitrogens with one attached hydrogen (secondary N) is 2. The van der Waals surface area contributed by atoms with Crippen LogP contribution in [0.4, 0.5) is 5.95 Å². The molecule has 0 unspecified atom stereocenters. The summed E-state index contributed by atoms with van der Waals surface area (Å²) in [5, 5.41) is 23.0. The molecule has 1 atom stereocenters. The number of hydrogen-bond acceptors (Lipinski definition) is 6. The topological polar surface area (TPSA) is 88.7 Å². The van der Waals surface area contributed by atoms with E-state index < -0.39 is 0 Å². The van der Waals surface area contributed by atoms with Crippen LogP contribution in [0.1, 0.15) is 23.1 Å². The van der Waals surface area contributed by atoms with Crippen LogP contribution in [0.3, 0.4) is 0 Å². The summed E-state index contributed by atoms with van der Waals surface area (Å²) in [6.07, 6.45) is 4.99. The first-order chi connectivity index (χ1) is 14.3. The van der Waals surface area contributed by atoms with E-state index in [1.54, 1.807) is 12.3 Å². The van der Waals surface area contributed by atoms with E-state index in [9.17, 15) is 0 Å². The summed E-state index contributed by atoms with van der Waals surface area (Å²) < 4.78 is 5.15. The lowest BCUT2D eigenvalue weighted by Crippen LogP contribution is -2.18. The highest BCUT2D eigenvalue weighted by Crippen LogP contribution is 2.33. The van der Waals surface area contributed by atoms with Gasteiger partial charge in [-0.25, -0.2) is 0 Å². The second-order valence-electron chi connectivity index (χ2n) is 6.95. The predicted octanol–water partition coefficient (Wildman–Crippen LogP) is 3.19. The maximum absolute atomic E-state index is 7.15. The molecule has 29 heavy (non-hydrogen) atoms. The Balaban J connectivity index is 1.36. The molecule has 1 aromatic heterocycles. The maximum Gasteiger partial charge on any atom is 0.376 e. The Kier molecular flexibility index (Phi) is 5.99. The molecule has 2 N–H and O–H groups in total. The van der Waals surface area contributed by atoms with E-state index in [1.165, 1.54) is 16.7 Å². The molecule has 7 nitrogen and oxygen atoms in total. The van der Waals surface area contributed by atoms with Crippen molar-refractivity contribution in [3.05, 3.63) is 77.4 Å². The summed E-state index contributed by atoms with van der Waals surface area (Å²) >= 11 is 0. The van der Waals surface area contributed by atoms with Crippen LogP contribution in [-0.4, -0.2) is 40.6 Å². The Morgan fingerprint density at radius 3 is 2.86 bits per heavy atom. The molecule has 145 valence electrons. The molecule has 0 fully saturated rings. The van der Waals surface area contributed by atoms with Gasteiger partial charge >= 0.3 is 7.48 Å². The highest BCUT2D eigenvalue weighted by Gasteiger charge is 2.20. The van der Waals surface area contributed by atoms with Crippen molar-refractivity contribution < 1.29 is 4.65 Å². The predicted molar refractivity (Wildman–Crippen MR) is 114 cm³/mol. The number of fused-ring (bicyclic) bond motifs is 1. The van der Waals surface area contributed by atoms with Crippen molar-refractivity contribution in [3.8, 4) is 0 Å². The van der Waals surface area contributed by atoms with Gasteiger partial charge in [0.1, 0.15) is 6.40 Å². The highest BCUT2D eigenvalue weighted by molar-refractivity contribution is 6.32. The van der Waals surface area contributed by atoms with Crippen LogP contribution >= 0.6 is 0 Å². The average Bonchev–Trinajstić information content (AvgIpc) is 3.38. The Morgan fingerprint density at radius 1 is 1.17 bits per heavy atom. The first kappa shape index (κ1) is 18.9. The van der Waals surface area contributed by atoms with E-state index in [-0.39, 0.29) is 5.82 Å². The zero-order chi connectivity index (χ0) is 19.9. The van der Waals surface area contributed by atoms with Gasteiger partial charge in [-0.15, -0.1) is 5.10 Å². The second kappa shape index (κ2) is 9.19. The van der Waals surface area contributed by atoms with E-state index in [4.69, 9.17) is 10.1 Å². The lowest BCUT2D eigenvalue weighted by Gasteiger charge is -2.16. The first-order valence-electron chi connectivity index (χ1n) is 9.62. The van der Waals surface area contributed by atoms with Crippen LogP contribution < -0.4 is 5.32 Å². The van der Waals surface area contributed by atoms with Crippen LogP contribution in [0, 0.1) is 5.41 Å². The fourth-order valence-electron chi connectivity index (χ4n) is 3.50. The Bertz CT molecular complexity index is 988. The molecule has 0 spiro atoms. The summed E-state index contributed by atoms with van der Waals surface area (Å²) in [5.41, 5.74) is 5.08. The minimum atomic E-state index is 0.0649. The van der Waals surface area contributed by atoms with Gasteiger partial charge in [0.2, 0.25) is 0 Å². The normalized spacial score (nSPS) is 13.3. The third-order valence-electron chi connectivity index (χ3n) is 4.89. The number of hydrogen-bond donors (Lipinski definition) is 2. The van der Waals surface area contributed by atoms with Gasteiger partial charge in [-0.3, -0.25) is 5.41 Å². The van der Waals surface area contributed by atoms with Gasteiger partial charge in [0.25, 0.3) is 5.95 Å². The number of rotatable bonds is 10. The summed E-state index contributed by atoms with van der Waals surface area (Å²) in [5.74, 6) is 0.546. The van der Waals surface area contributed by atoms with E-state index in [0.29, 0.717) is 19.0 Å². The fourth-order valence-corrected chi connectivity index (χ4v) is 3.50. The molecule has 0 bridgehead atoms. The maximum atomic E-state index is 7.15. The van der Waals surface area contributed by atoms with Gasteiger partial charge in [-0.1, -0.05) is 65.8 Å². The summed E-state index contributed by atoms with van der Waals surface area (Å²) in [4.78, 5) is 1.57. The molecule has 1 aliphatic rings. The van der Waals surface area contributed by atoms with Gasteiger partial charge in [0.05, 0.1) is 6.54 Å². The Hall–Kier alpha value is -3.42. The molecule has 1 heterocycles. The molecule has 2 aromatic carbocycles. The zero-order valence-electron chi connectivity index (χ0n) is 16.0. The molecule has 0 amide bonds. The van der Waals surface area contributed by atoms with Gasteiger partial charge in [0.15, 0.2) is 0 Å². The number of allylic oxidation sites excluding steroid dienone is 2. The van der Waals surface area contributed by atoms with Crippen molar-refractivity contribution in [2.24, 2.45) is 0 Å². The van der Waals surface area contributed by atoms with Crippen molar-refractivity contribution in [1.29, 1.82) is 5.41 Å². The third kappa shape index (κ3) is 4.90. The number of tetrazole rings is 1. The lowest BCUT2D eigenvalue weighted by atomic mass is 9.75. The van der Waals surface area contributed by atoms with Crippen LogP contribution in [0.5, 0.6) is 0 Å². The molecular weight excluding hydrogens is 363 g/mol. The quantitative estimate of drug-likeness (QED) is 0.318. The average molecular weight is 385 g/mol. The number of benzene rings is 2. The molecule has 0 saturated carbocycles. The largest absolute Gasteiger partial charge is 0.555 e. The number of aromatic nitrogens is 4. The standard InChI is InChI=1S/C21H22BN6O/c23-15-29-22-19(12-18-11-10-17-8-4-5-9-20(17)18)13-24-21-25-27-28(26-21)14-16-6-2-1-3-7-16/h1-9,11,15,19,23H,10,12-14H2,(H,24,26)/t19-/m0/s1.